The van der Waals surface area contributed by atoms with Gasteiger partial charge in [0.15, 0.2) is 0 Å². The minimum atomic E-state index is -0.963. The average molecular weight is 78.2 g/mol. The summed E-state index contributed by atoms with van der Waals surface area (Å²) in [5.41, 5.74) is 0. The van der Waals surface area contributed by atoms with E-state index in [0.717, 1.165) is 6.42 Å². The van der Waals surface area contributed by atoms with E-state index < -0.39 is 13.3 Å². The van der Waals surface area contributed by atoms with Crippen molar-refractivity contribution in [2.24, 2.45) is 0 Å². The Morgan fingerprint density at radius 2 is 2.80 bits per heavy atom. The minimum Gasteiger partial charge on any atom is -0.0654 e. The summed E-state index contributed by atoms with van der Waals surface area (Å²) >= 11 is 0. The van der Waals surface area contributed by atoms with E-state index in [1.165, 1.54) is 0 Å². The second-order valence-corrected chi connectivity index (χ2v) is 1.02. The molecule has 0 aliphatic heterocycles. The molecule has 32 valence electrons. The summed E-state index contributed by atoms with van der Waals surface area (Å²) in [5, 5.41) is 0. The Morgan fingerprint density at radius 1 is 2.00 bits per heavy atom. The van der Waals surface area contributed by atoms with E-state index in [-0.39, 0.29) is 0 Å². The first-order valence-electron chi connectivity index (χ1n) is 3.68. The molecule has 0 aliphatic rings. The molecule has 0 aliphatic carbocycles. The fraction of sp³-hybridized carbons (Fsp3) is 1.00. The largest absolute Gasteiger partial charge is 0.0654 e. The third kappa shape index (κ3) is 4.00. The predicted octanol–water partition coefficient (Wildman–Crippen LogP) is 2.20. The van der Waals surface area contributed by atoms with Crippen LogP contribution < -0.4 is 0 Å². The van der Waals surface area contributed by atoms with Crippen molar-refractivity contribution in [2.45, 2.75) is 33.0 Å². The van der Waals surface area contributed by atoms with E-state index in [1.54, 1.807) is 0 Å². The smallest absolute Gasteiger partial charge is 0.0264 e. The molecule has 0 rings (SSSR count). The van der Waals surface area contributed by atoms with Gasteiger partial charge in [-0.3, -0.25) is 0 Å². The highest BCUT2D eigenvalue weighted by atomic mass is 13.7. The second kappa shape index (κ2) is 4.00. The zero-order valence-electron chi connectivity index (χ0n) is 6.57. The lowest BCUT2D eigenvalue weighted by Gasteiger charge is -1.79. The molecule has 0 fully saturated rings. The maximum atomic E-state index is 7.05. The molecule has 0 aromatic carbocycles. The van der Waals surface area contributed by atoms with Gasteiger partial charge in [0.2, 0.25) is 0 Å². The predicted molar refractivity (Wildman–Crippen MR) is 25.2 cm³/mol. The Kier molecular flexibility index (Phi) is 1.31. The Hall–Kier alpha value is 0. The SMILES string of the molecule is [3H]C([3H])C([3H])CCC. The summed E-state index contributed by atoms with van der Waals surface area (Å²) in [4.78, 5) is 0. The van der Waals surface area contributed by atoms with Gasteiger partial charge in [-0.25, -0.2) is 0 Å². The van der Waals surface area contributed by atoms with E-state index in [1.807, 2.05) is 6.92 Å². The summed E-state index contributed by atoms with van der Waals surface area (Å²) in [6, 6.07) is 0. The molecule has 0 aromatic heterocycles. The molecule has 0 aromatic rings. The van der Waals surface area contributed by atoms with Gasteiger partial charge >= 0.3 is 0 Å². The van der Waals surface area contributed by atoms with Gasteiger partial charge < -0.3 is 0 Å². The quantitative estimate of drug-likeness (QED) is 0.475. The van der Waals surface area contributed by atoms with Gasteiger partial charge in [-0.1, -0.05) is 33.0 Å². The van der Waals surface area contributed by atoms with Gasteiger partial charge in [0, 0.05) is 4.11 Å². The van der Waals surface area contributed by atoms with Crippen molar-refractivity contribution in [1.29, 1.82) is 0 Å². The summed E-state index contributed by atoms with van der Waals surface area (Å²) in [6.45, 7) is 0.999. The number of hydrogen-bond acceptors (Lipinski definition) is 0. The standard InChI is InChI=1S/C5H12/c1-3-5-4-2/h3-5H2,1-2H3/i1T2,3T. The van der Waals surface area contributed by atoms with Crippen LogP contribution in [0.2, 0.25) is 0 Å². The fourth-order valence-electron chi connectivity index (χ4n) is 0.167. The monoisotopic (exact) mass is 78.1 g/mol. The maximum absolute atomic E-state index is 7.05. The Balaban J connectivity index is 3.17. The van der Waals surface area contributed by atoms with Gasteiger partial charge in [-0.15, -0.1) is 0 Å². The van der Waals surface area contributed by atoms with Gasteiger partial charge in [0.25, 0.3) is 0 Å². The lowest BCUT2D eigenvalue weighted by atomic mass is 10.3. The van der Waals surface area contributed by atoms with Gasteiger partial charge in [0.1, 0.15) is 0 Å². The second-order valence-electron chi connectivity index (χ2n) is 1.02. The zero-order chi connectivity index (χ0) is 6.57. The molecule has 0 N–H and O–H groups in total. The third-order valence-corrected chi connectivity index (χ3v) is 0.455. The third-order valence-electron chi connectivity index (χ3n) is 0.455. The Morgan fingerprint density at radius 3 is 3.00 bits per heavy atom. The number of hydrogen-bond donors (Lipinski definition) is 0. The molecule has 5 heavy (non-hydrogen) atoms. The molecule has 0 nitrogen and oxygen atoms in total. The van der Waals surface area contributed by atoms with E-state index >= 15 is 0 Å². The van der Waals surface area contributed by atoms with Crippen molar-refractivity contribution >= 4 is 0 Å². The van der Waals surface area contributed by atoms with Crippen molar-refractivity contribution in [3.05, 3.63) is 0 Å². The first-order valence-corrected chi connectivity index (χ1v) is 1.95. The van der Waals surface area contributed by atoms with Crippen LogP contribution in [0, 0.1) is 0 Å². The first kappa shape index (κ1) is 1.63. The molecule has 0 bridgehead atoms. The van der Waals surface area contributed by atoms with Crippen molar-refractivity contribution in [1.82, 2.24) is 0 Å². The summed E-state index contributed by atoms with van der Waals surface area (Å²) in [5.74, 6) is 0. The van der Waals surface area contributed by atoms with Gasteiger partial charge in [-0.2, -0.15) is 0 Å². The average Bonchev–Trinajstić information content (AvgIpc) is 1.67. The molecule has 0 heterocycles. The molecule has 1 atom stereocenters. The van der Waals surface area contributed by atoms with Crippen LogP contribution in [-0.2, 0) is 0 Å². The van der Waals surface area contributed by atoms with E-state index in [4.69, 9.17) is 4.11 Å². The van der Waals surface area contributed by atoms with E-state index in [9.17, 15) is 0 Å². The van der Waals surface area contributed by atoms with E-state index in [2.05, 4.69) is 0 Å². The summed E-state index contributed by atoms with van der Waals surface area (Å²) < 4.78 is 20.6. The van der Waals surface area contributed by atoms with Crippen LogP contribution in [-0.4, -0.2) is 0 Å². The van der Waals surface area contributed by atoms with Crippen LogP contribution in [0.4, 0.5) is 0 Å². The normalized spacial score (nSPS) is 24.0. The van der Waals surface area contributed by atoms with Gasteiger partial charge in [0.05, 0.1) is 0 Å². The van der Waals surface area contributed by atoms with Crippen LogP contribution >= 0.6 is 0 Å². The van der Waals surface area contributed by atoms with Crippen LogP contribution in [0.15, 0.2) is 0 Å². The molecule has 1 unspecified atom stereocenters. The van der Waals surface area contributed by atoms with Crippen molar-refractivity contribution in [3.8, 4) is 0 Å². The molecule has 0 saturated carbocycles. The fourth-order valence-corrected chi connectivity index (χ4v) is 0.167. The van der Waals surface area contributed by atoms with Crippen molar-refractivity contribution in [3.63, 3.8) is 0 Å². The lowest BCUT2D eigenvalue weighted by molar-refractivity contribution is 0.772. The highest BCUT2D eigenvalue weighted by Gasteiger charge is 1.68. The van der Waals surface area contributed by atoms with E-state index in [0.29, 0.717) is 6.42 Å². The topological polar surface area (TPSA) is 0 Å². The minimum absolute atomic E-state index is 0.500. The van der Waals surface area contributed by atoms with Crippen LogP contribution in [0.25, 0.3) is 0 Å². The highest BCUT2D eigenvalue weighted by molar-refractivity contribution is 4.24. The van der Waals surface area contributed by atoms with Crippen LogP contribution in [0.3, 0.4) is 0 Å². The molecular formula is C5H12. The Bertz CT molecular complexity index is 53.6. The molecule has 0 spiro atoms. The number of rotatable bonds is 2. The molecular weight excluding hydrogens is 60.1 g/mol. The molecule has 0 amide bonds. The zero-order valence-corrected chi connectivity index (χ0v) is 3.57. The van der Waals surface area contributed by atoms with Crippen molar-refractivity contribution < 1.29 is 4.11 Å². The first-order chi connectivity index (χ1) is 3.68. The van der Waals surface area contributed by atoms with Gasteiger partial charge in [-0.05, 0) is 0 Å². The molecule has 0 heteroatoms. The summed E-state index contributed by atoms with van der Waals surface area (Å²) in [6.07, 6.45) is 1.08. The van der Waals surface area contributed by atoms with Crippen LogP contribution in [0.1, 0.15) is 37.2 Å². The maximum Gasteiger partial charge on any atom is 0.0264 e. The lowest BCUT2D eigenvalue weighted by Crippen LogP contribution is -1.59. The molecule has 0 saturated heterocycles. The Labute approximate surface area is 38.4 Å². The highest BCUT2D eigenvalue weighted by Crippen LogP contribution is 1.88. The van der Waals surface area contributed by atoms with Crippen molar-refractivity contribution in [2.75, 3.05) is 0 Å². The van der Waals surface area contributed by atoms with Crippen LogP contribution in [0.5, 0.6) is 0 Å². The molecule has 0 radical (unpaired) electrons. The summed E-state index contributed by atoms with van der Waals surface area (Å²) in [7, 11) is 0.